The number of amides is 1. The quantitative estimate of drug-likeness (QED) is 0.759. The molecule has 0 spiro atoms. The van der Waals surface area contributed by atoms with Gasteiger partial charge in [-0.05, 0) is 18.2 Å². The highest BCUT2D eigenvalue weighted by molar-refractivity contribution is 6.31. The van der Waals surface area contributed by atoms with Crippen molar-refractivity contribution in [3.05, 3.63) is 46.9 Å². The van der Waals surface area contributed by atoms with Crippen molar-refractivity contribution < 1.29 is 22.7 Å². The van der Waals surface area contributed by atoms with Gasteiger partial charge in [-0.25, -0.2) is 9.97 Å². The average Bonchev–Trinajstić information content (AvgIpc) is 2.56. The monoisotopic (exact) mass is 374 g/mol. The largest absolute Gasteiger partial charge is 0.417 e. The van der Waals surface area contributed by atoms with Gasteiger partial charge in [-0.3, -0.25) is 4.79 Å². The summed E-state index contributed by atoms with van der Waals surface area (Å²) in [6, 6.07) is 4.69. The summed E-state index contributed by atoms with van der Waals surface area (Å²) in [5.41, 5.74) is -0.773. The van der Waals surface area contributed by atoms with Gasteiger partial charge in [-0.15, -0.1) is 0 Å². The van der Waals surface area contributed by atoms with E-state index in [1.54, 1.807) is 0 Å². The van der Waals surface area contributed by atoms with E-state index < -0.39 is 22.7 Å². The smallest absolute Gasteiger partial charge is 0.383 e. The lowest BCUT2D eigenvalue weighted by molar-refractivity contribution is -0.137. The number of ether oxygens (including phenoxy) is 1. The predicted octanol–water partition coefficient (Wildman–Crippen LogP) is 3.27. The molecule has 0 saturated heterocycles. The number of methoxy groups -OCH3 is 1. The lowest BCUT2D eigenvalue weighted by Gasteiger charge is -2.12. The van der Waals surface area contributed by atoms with Gasteiger partial charge < -0.3 is 15.4 Å². The summed E-state index contributed by atoms with van der Waals surface area (Å²) < 4.78 is 43.5. The summed E-state index contributed by atoms with van der Waals surface area (Å²) >= 11 is 5.57. The molecule has 0 unspecified atom stereocenters. The van der Waals surface area contributed by atoms with Crippen molar-refractivity contribution in [1.82, 2.24) is 15.3 Å². The maximum absolute atomic E-state index is 12.9. The van der Waals surface area contributed by atoms with Crippen LogP contribution in [0, 0.1) is 0 Å². The van der Waals surface area contributed by atoms with E-state index in [0.29, 0.717) is 13.2 Å². The summed E-state index contributed by atoms with van der Waals surface area (Å²) in [4.78, 5) is 19.6. The minimum Gasteiger partial charge on any atom is -0.383 e. The fourth-order valence-corrected chi connectivity index (χ4v) is 2.10. The number of alkyl halides is 3. The molecule has 0 fully saturated rings. The minimum absolute atomic E-state index is 0.0682. The first-order chi connectivity index (χ1) is 11.8. The highest BCUT2D eigenvalue weighted by Crippen LogP contribution is 2.36. The van der Waals surface area contributed by atoms with Crippen LogP contribution in [0.15, 0.2) is 30.6 Å². The van der Waals surface area contributed by atoms with Gasteiger partial charge in [0.1, 0.15) is 17.8 Å². The number of nitrogens with zero attached hydrogens (tertiary/aromatic N) is 2. The molecular formula is C15H14ClF3N4O2. The first-order valence-corrected chi connectivity index (χ1v) is 7.42. The Morgan fingerprint density at radius 3 is 2.72 bits per heavy atom. The molecule has 6 nitrogen and oxygen atoms in total. The Morgan fingerprint density at radius 1 is 1.28 bits per heavy atom. The maximum atomic E-state index is 12.9. The molecule has 2 rings (SSSR count). The van der Waals surface area contributed by atoms with Crippen LogP contribution in [0.2, 0.25) is 5.02 Å². The zero-order valence-electron chi connectivity index (χ0n) is 13.0. The van der Waals surface area contributed by atoms with Crippen LogP contribution in [0.5, 0.6) is 0 Å². The Bertz CT molecular complexity index is 756. The van der Waals surface area contributed by atoms with E-state index in [2.05, 4.69) is 20.6 Å². The molecule has 1 aromatic heterocycles. The number of nitrogens with one attached hydrogen (secondary N) is 2. The summed E-state index contributed by atoms with van der Waals surface area (Å²) in [5, 5.41) is 4.87. The Labute approximate surface area is 146 Å². The van der Waals surface area contributed by atoms with E-state index in [-0.39, 0.29) is 17.2 Å². The summed E-state index contributed by atoms with van der Waals surface area (Å²) in [7, 11) is 1.50. The number of aromatic nitrogens is 2. The molecular weight excluding hydrogens is 361 g/mol. The van der Waals surface area contributed by atoms with Crippen LogP contribution >= 0.6 is 11.6 Å². The van der Waals surface area contributed by atoms with Crippen molar-refractivity contribution in [1.29, 1.82) is 0 Å². The second-order valence-electron chi connectivity index (χ2n) is 4.85. The van der Waals surface area contributed by atoms with E-state index >= 15 is 0 Å². The lowest BCUT2D eigenvalue weighted by atomic mass is 10.2. The molecule has 2 aromatic rings. The average molecular weight is 375 g/mol. The number of carbonyl (C=O) groups is 1. The highest BCUT2D eigenvalue weighted by Gasteiger charge is 2.33. The van der Waals surface area contributed by atoms with E-state index in [1.165, 1.54) is 19.2 Å². The van der Waals surface area contributed by atoms with Crippen LogP contribution < -0.4 is 10.6 Å². The van der Waals surface area contributed by atoms with Crippen molar-refractivity contribution in [3.63, 3.8) is 0 Å². The second kappa shape index (κ2) is 8.13. The summed E-state index contributed by atoms with van der Waals surface area (Å²) in [6.07, 6.45) is -3.44. The number of hydrogen-bond acceptors (Lipinski definition) is 5. The number of hydrogen-bond donors (Lipinski definition) is 2. The number of carbonyl (C=O) groups excluding carboxylic acids is 1. The fraction of sp³-hybridized carbons (Fsp3) is 0.267. The molecule has 1 heterocycles. The first-order valence-electron chi connectivity index (χ1n) is 7.04. The Kier molecular flexibility index (Phi) is 6.16. The maximum Gasteiger partial charge on any atom is 0.417 e. The van der Waals surface area contributed by atoms with Crippen molar-refractivity contribution in [3.8, 4) is 0 Å². The van der Waals surface area contributed by atoms with Crippen LogP contribution in [0.4, 0.5) is 24.7 Å². The van der Waals surface area contributed by atoms with E-state index in [4.69, 9.17) is 16.3 Å². The third-order valence-electron chi connectivity index (χ3n) is 3.04. The van der Waals surface area contributed by atoms with Crippen LogP contribution in [-0.4, -0.2) is 36.1 Å². The highest BCUT2D eigenvalue weighted by atomic mass is 35.5. The fourth-order valence-electron chi connectivity index (χ4n) is 1.88. The molecule has 0 aliphatic rings. The summed E-state index contributed by atoms with van der Waals surface area (Å²) in [6.45, 7) is 0.640. The number of halogens is 4. The molecule has 0 aliphatic carbocycles. The van der Waals surface area contributed by atoms with Gasteiger partial charge in [0.25, 0.3) is 5.91 Å². The van der Waals surface area contributed by atoms with Gasteiger partial charge in [0, 0.05) is 25.4 Å². The van der Waals surface area contributed by atoms with Crippen molar-refractivity contribution in [2.45, 2.75) is 6.18 Å². The van der Waals surface area contributed by atoms with Crippen LogP contribution in [0.3, 0.4) is 0 Å². The molecule has 10 heteroatoms. The van der Waals surface area contributed by atoms with Gasteiger partial charge in [0.15, 0.2) is 0 Å². The van der Waals surface area contributed by atoms with Crippen molar-refractivity contribution >= 4 is 29.0 Å². The van der Waals surface area contributed by atoms with Crippen LogP contribution in [0.1, 0.15) is 16.1 Å². The topological polar surface area (TPSA) is 76.1 Å². The number of anilines is 2. The summed E-state index contributed by atoms with van der Waals surface area (Å²) in [5.74, 6) is -0.281. The molecule has 25 heavy (non-hydrogen) atoms. The number of rotatable bonds is 6. The van der Waals surface area contributed by atoms with Gasteiger partial charge in [-0.2, -0.15) is 13.2 Å². The molecule has 0 atom stereocenters. The zero-order valence-corrected chi connectivity index (χ0v) is 13.8. The molecule has 0 radical (unpaired) electrons. The molecule has 1 amide bonds. The third kappa shape index (κ3) is 5.30. The third-order valence-corrected chi connectivity index (χ3v) is 3.37. The molecule has 0 saturated carbocycles. The van der Waals surface area contributed by atoms with Crippen molar-refractivity contribution in [2.75, 3.05) is 25.6 Å². The minimum atomic E-state index is -4.58. The SMILES string of the molecule is COCCNC(=O)c1cc(Nc2ccc(Cl)c(C(F)(F)F)c2)ncn1. The normalized spacial score (nSPS) is 11.2. The predicted molar refractivity (Wildman–Crippen MR) is 86.0 cm³/mol. The molecule has 0 aliphatic heterocycles. The van der Waals surface area contributed by atoms with Gasteiger partial charge in [0.2, 0.25) is 0 Å². The number of benzene rings is 1. The standard InChI is InChI=1S/C15H14ClF3N4O2/c1-25-5-4-20-14(24)12-7-13(22-8-21-12)23-9-2-3-11(16)10(6-9)15(17,18)19/h2-3,6-8H,4-5H2,1H3,(H,20,24)(H,21,22,23). The van der Waals surface area contributed by atoms with E-state index in [1.807, 2.05) is 0 Å². The van der Waals surface area contributed by atoms with Gasteiger partial charge in [-0.1, -0.05) is 11.6 Å². The lowest BCUT2D eigenvalue weighted by Crippen LogP contribution is -2.27. The van der Waals surface area contributed by atoms with Crippen LogP contribution in [-0.2, 0) is 10.9 Å². The molecule has 0 bridgehead atoms. The zero-order chi connectivity index (χ0) is 18.4. The van der Waals surface area contributed by atoms with Crippen molar-refractivity contribution in [2.24, 2.45) is 0 Å². The first kappa shape index (κ1) is 18.9. The Morgan fingerprint density at radius 2 is 2.04 bits per heavy atom. The Hall–Kier alpha value is -2.39. The second-order valence-corrected chi connectivity index (χ2v) is 5.26. The van der Waals surface area contributed by atoms with E-state index in [0.717, 1.165) is 18.5 Å². The van der Waals surface area contributed by atoms with Gasteiger partial charge in [0.05, 0.1) is 17.2 Å². The van der Waals surface area contributed by atoms with Crippen LogP contribution in [0.25, 0.3) is 0 Å². The Balaban J connectivity index is 2.16. The molecule has 134 valence electrons. The molecule has 1 aromatic carbocycles. The molecule has 2 N–H and O–H groups in total. The van der Waals surface area contributed by atoms with E-state index in [9.17, 15) is 18.0 Å². The van der Waals surface area contributed by atoms with Gasteiger partial charge >= 0.3 is 6.18 Å².